The van der Waals surface area contributed by atoms with Gasteiger partial charge in [-0.05, 0) is 17.9 Å². The van der Waals surface area contributed by atoms with Crippen molar-refractivity contribution in [1.82, 2.24) is 4.90 Å². The van der Waals surface area contributed by atoms with Crippen molar-refractivity contribution in [2.75, 3.05) is 19.7 Å². The van der Waals surface area contributed by atoms with E-state index in [1.165, 1.54) is 0 Å². The fourth-order valence-corrected chi connectivity index (χ4v) is 2.92. The van der Waals surface area contributed by atoms with Gasteiger partial charge >= 0.3 is 0 Å². The maximum absolute atomic E-state index is 10.7. The van der Waals surface area contributed by atoms with Gasteiger partial charge in [0.15, 0.2) is 0 Å². The Morgan fingerprint density at radius 3 is 2.35 bits per heavy atom. The summed E-state index contributed by atoms with van der Waals surface area (Å²) in [6.07, 6.45) is -0.461. The van der Waals surface area contributed by atoms with E-state index in [4.69, 9.17) is 4.74 Å². The topological polar surface area (TPSA) is 32.7 Å². The Balaban J connectivity index is 2.18. The molecule has 2 unspecified atom stereocenters. The van der Waals surface area contributed by atoms with E-state index in [0.29, 0.717) is 18.4 Å². The van der Waals surface area contributed by atoms with Gasteiger partial charge in [0.25, 0.3) is 0 Å². The molecule has 1 N–H and O–H groups in total. The van der Waals surface area contributed by atoms with Crippen LogP contribution in [0.1, 0.15) is 39.4 Å². The van der Waals surface area contributed by atoms with Crippen LogP contribution >= 0.6 is 0 Å². The van der Waals surface area contributed by atoms with Crippen LogP contribution in [-0.2, 0) is 0 Å². The smallest absolute Gasteiger partial charge is 0.125 e. The van der Waals surface area contributed by atoms with Crippen molar-refractivity contribution in [3.8, 4) is 5.75 Å². The van der Waals surface area contributed by atoms with Crippen LogP contribution in [0, 0.1) is 11.8 Å². The molecule has 0 aromatic heterocycles. The lowest BCUT2D eigenvalue weighted by Gasteiger charge is -2.40. The highest BCUT2D eigenvalue weighted by atomic mass is 16.5. The summed E-state index contributed by atoms with van der Waals surface area (Å²) in [7, 11) is 0. The van der Waals surface area contributed by atoms with Gasteiger partial charge in [-0.2, -0.15) is 0 Å². The molecule has 112 valence electrons. The maximum Gasteiger partial charge on any atom is 0.125 e. The first-order valence-corrected chi connectivity index (χ1v) is 7.63. The standard InChI is InChI=1S/C17H27NO2/c1-12(2)9-18(10-13(3)4)15-11-20-16-8-6-5-7-14(16)17(15)19/h5-8,12-13,15,17,19H,9-11H2,1-4H3. The van der Waals surface area contributed by atoms with E-state index < -0.39 is 6.10 Å². The molecular formula is C17H27NO2. The second kappa shape index (κ2) is 6.59. The molecule has 3 nitrogen and oxygen atoms in total. The van der Waals surface area contributed by atoms with Crippen LogP contribution in [0.15, 0.2) is 24.3 Å². The molecule has 1 aliphatic rings. The van der Waals surface area contributed by atoms with Gasteiger partial charge in [-0.15, -0.1) is 0 Å². The Bertz CT molecular complexity index is 421. The highest BCUT2D eigenvalue weighted by Crippen LogP contribution is 2.34. The van der Waals surface area contributed by atoms with Crippen LogP contribution in [0.5, 0.6) is 5.75 Å². The van der Waals surface area contributed by atoms with Crippen LogP contribution in [0.2, 0.25) is 0 Å². The largest absolute Gasteiger partial charge is 0.491 e. The summed E-state index contributed by atoms with van der Waals surface area (Å²) >= 11 is 0. The molecule has 1 aliphatic heterocycles. The van der Waals surface area contributed by atoms with Crippen LogP contribution in [0.25, 0.3) is 0 Å². The molecule has 20 heavy (non-hydrogen) atoms. The Morgan fingerprint density at radius 2 is 1.75 bits per heavy atom. The third-order valence-corrected chi connectivity index (χ3v) is 3.68. The number of aliphatic hydroxyl groups is 1. The van der Waals surface area contributed by atoms with Gasteiger partial charge in [0.05, 0.1) is 6.04 Å². The SMILES string of the molecule is CC(C)CN(CC(C)C)C1COc2ccccc2C1O. The lowest BCUT2D eigenvalue weighted by molar-refractivity contribution is -0.00613. The van der Waals surface area contributed by atoms with Gasteiger partial charge in [0.1, 0.15) is 18.5 Å². The number of hydrogen-bond donors (Lipinski definition) is 1. The highest BCUT2D eigenvalue weighted by Gasteiger charge is 2.33. The second-order valence-corrected chi connectivity index (χ2v) is 6.60. The minimum atomic E-state index is -0.461. The Morgan fingerprint density at radius 1 is 1.15 bits per heavy atom. The molecule has 2 rings (SSSR count). The summed E-state index contributed by atoms with van der Waals surface area (Å²) in [5.41, 5.74) is 0.918. The fourth-order valence-electron chi connectivity index (χ4n) is 2.92. The molecule has 0 aliphatic carbocycles. The molecule has 1 aromatic rings. The molecule has 0 bridgehead atoms. The van der Waals surface area contributed by atoms with Crippen LogP contribution in [0.4, 0.5) is 0 Å². The van der Waals surface area contributed by atoms with Crippen molar-refractivity contribution >= 4 is 0 Å². The van der Waals surface area contributed by atoms with Gasteiger partial charge in [-0.25, -0.2) is 0 Å². The van der Waals surface area contributed by atoms with Crippen molar-refractivity contribution < 1.29 is 9.84 Å². The second-order valence-electron chi connectivity index (χ2n) is 6.60. The average Bonchev–Trinajstić information content (AvgIpc) is 2.37. The summed E-state index contributed by atoms with van der Waals surface area (Å²) in [5, 5.41) is 10.7. The highest BCUT2D eigenvalue weighted by molar-refractivity contribution is 5.37. The van der Waals surface area contributed by atoms with Crippen molar-refractivity contribution in [3.63, 3.8) is 0 Å². The van der Waals surface area contributed by atoms with E-state index in [2.05, 4.69) is 32.6 Å². The Labute approximate surface area is 122 Å². The molecule has 3 heteroatoms. The predicted molar refractivity (Wildman–Crippen MR) is 81.9 cm³/mol. The molecule has 1 aromatic carbocycles. The number of fused-ring (bicyclic) bond motifs is 1. The molecule has 0 radical (unpaired) electrons. The molecule has 0 amide bonds. The first-order chi connectivity index (χ1) is 9.49. The molecule has 0 saturated carbocycles. The zero-order valence-electron chi connectivity index (χ0n) is 13.0. The van der Waals surface area contributed by atoms with Crippen molar-refractivity contribution in [2.24, 2.45) is 11.8 Å². The maximum atomic E-state index is 10.7. The van der Waals surface area contributed by atoms with E-state index in [-0.39, 0.29) is 6.04 Å². The van der Waals surface area contributed by atoms with Crippen molar-refractivity contribution in [3.05, 3.63) is 29.8 Å². The number of ether oxygens (including phenoxy) is 1. The lowest BCUT2D eigenvalue weighted by atomic mass is 9.96. The van der Waals surface area contributed by atoms with E-state index in [0.717, 1.165) is 24.4 Å². The molecular weight excluding hydrogens is 250 g/mol. The van der Waals surface area contributed by atoms with Gasteiger partial charge in [0, 0.05) is 18.7 Å². The first kappa shape index (κ1) is 15.3. The zero-order valence-corrected chi connectivity index (χ0v) is 13.0. The van der Waals surface area contributed by atoms with E-state index in [1.807, 2.05) is 24.3 Å². The van der Waals surface area contributed by atoms with E-state index in [9.17, 15) is 5.11 Å². The lowest BCUT2D eigenvalue weighted by Crippen LogP contribution is -2.48. The normalized spacial score (nSPS) is 22.2. The van der Waals surface area contributed by atoms with Gasteiger partial charge < -0.3 is 9.84 Å². The first-order valence-electron chi connectivity index (χ1n) is 7.63. The van der Waals surface area contributed by atoms with Gasteiger partial charge in [-0.1, -0.05) is 45.9 Å². The summed E-state index contributed by atoms with van der Waals surface area (Å²) in [4.78, 5) is 2.38. The Kier molecular flexibility index (Phi) is 5.06. The summed E-state index contributed by atoms with van der Waals surface area (Å²) in [5.74, 6) is 1.99. The van der Waals surface area contributed by atoms with E-state index in [1.54, 1.807) is 0 Å². The number of aliphatic hydroxyl groups excluding tert-OH is 1. The quantitative estimate of drug-likeness (QED) is 0.897. The monoisotopic (exact) mass is 277 g/mol. The third-order valence-electron chi connectivity index (χ3n) is 3.68. The molecule has 1 heterocycles. The number of para-hydroxylation sites is 1. The molecule has 0 spiro atoms. The predicted octanol–water partition coefficient (Wildman–Crippen LogP) is 3.10. The molecule has 0 saturated heterocycles. The van der Waals surface area contributed by atoms with Gasteiger partial charge in [0.2, 0.25) is 0 Å². The van der Waals surface area contributed by atoms with Crippen LogP contribution < -0.4 is 4.74 Å². The van der Waals surface area contributed by atoms with E-state index >= 15 is 0 Å². The third kappa shape index (κ3) is 3.53. The zero-order chi connectivity index (χ0) is 14.7. The minimum absolute atomic E-state index is 0.0506. The van der Waals surface area contributed by atoms with Crippen LogP contribution in [0.3, 0.4) is 0 Å². The fraction of sp³-hybridized carbons (Fsp3) is 0.647. The molecule has 2 atom stereocenters. The summed E-state index contributed by atoms with van der Waals surface area (Å²) < 4.78 is 5.85. The number of benzene rings is 1. The number of hydrogen-bond acceptors (Lipinski definition) is 3. The summed E-state index contributed by atoms with van der Waals surface area (Å²) in [6, 6.07) is 7.86. The van der Waals surface area contributed by atoms with Gasteiger partial charge in [-0.3, -0.25) is 4.90 Å². The molecule has 0 fully saturated rings. The van der Waals surface area contributed by atoms with Crippen molar-refractivity contribution in [2.45, 2.75) is 39.8 Å². The minimum Gasteiger partial charge on any atom is -0.491 e. The average molecular weight is 277 g/mol. The Hall–Kier alpha value is -1.06. The van der Waals surface area contributed by atoms with Crippen molar-refractivity contribution in [1.29, 1.82) is 0 Å². The number of nitrogens with zero attached hydrogens (tertiary/aromatic N) is 1. The summed E-state index contributed by atoms with van der Waals surface area (Å²) in [6.45, 7) is 11.4. The number of rotatable bonds is 5. The van der Waals surface area contributed by atoms with Crippen LogP contribution in [-0.4, -0.2) is 35.7 Å².